The van der Waals surface area contributed by atoms with E-state index >= 15 is 0 Å². The monoisotopic (exact) mass is 391 g/mol. The van der Waals surface area contributed by atoms with Crippen molar-refractivity contribution in [3.8, 4) is 0 Å². The molecule has 3 atom stereocenters. The zero-order valence-corrected chi connectivity index (χ0v) is 14.7. The molecule has 146 valence electrons. The van der Waals surface area contributed by atoms with E-state index in [0.717, 1.165) is 17.7 Å². The van der Waals surface area contributed by atoms with Gasteiger partial charge in [-0.25, -0.2) is 15.6 Å². The van der Waals surface area contributed by atoms with Gasteiger partial charge in [-0.15, -0.1) is 4.28 Å². The standard InChI is InChI=1S/C13H21N5O7S/c14-17(11(19)9-3-1-2-6-15-9)12(20)10-5-4-8-7-16(10)13(21)18(8)25-26(22,23)24/h8-10,15H,1-7,14H2,(H,22,23,24)/t8-,9?,10+/m1/s1. The SMILES string of the molecule is NN(C(=O)C1CCCCN1)C(=O)[C@@H]1CC[C@@H]2CN1C(=O)N2OS(=O)(=O)O. The molecule has 0 spiro atoms. The predicted molar refractivity (Wildman–Crippen MR) is 85.1 cm³/mol. The summed E-state index contributed by atoms with van der Waals surface area (Å²) < 4.78 is 34.8. The van der Waals surface area contributed by atoms with E-state index in [1.807, 2.05) is 0 Å². The van der Waals surface area contributed by atoms with Crippen molar-refractivity contribution >= 4 is 28.2 Å². The van der Waals surface area contributed by atoms with Gasteiger partial charge in [0.1, 0.15) is 6.04 Å². The molecule has 0 radical (unpaired) electrons. The number of hydrazine groups is 1. The van der Waals surface area contributed by atoms with Gasteiger partial charge in [0.25, 0.3) is 11.8 Å². The molecule has 13 heteroatoms. The van der Waals surface area contributed by atoms with Crippen LogP contribution in [0.1, 0.15) is 32.1 Å². The molecule has 0 aliphatic carbocycles. The number of rotatable bonds is 4. The number of hydrogen-bond donors (Lipinski definition) is 3. The Morgan fingerprint density at radius 2 is 1.96 bits per heavy atom. The lowest BCUT2D eigenvalue weighted by atomic mass is 9.99. The maximum Gasteiger partial charge on any atom is 0.418 e. The maximum atomic E-state index is 12.6. The third kappa shape index (κ3) is 3.66. The number of fused-ring (bicyclic) bond motifs is 2. The Labute approximate surface area is 150 Å². The zero-order valence-electron chi connectivity index (χ0n) is 13.9. The molecule has 3 saturated heterocycles. The van der Waals surface area contributed by atoms with Crippen LogP contribution in [0.25, 0.3) is 0 Å². The fraction of sp³-hybridized carbons (Fsp3) is 0.769. The molecule has 0 aromatic rings. The molecule has 0 aromatic carbocycles. The van der Waals surface area contributed by atoms with Crippen LogP contribution in [0.3, 0.4) is 0 Å². The molecule has 3 heterocycles. The van der Waals surface area contributed by atoms with E-state index in [2.05, 4.69) is 9.60 Å². The van der Waals surface area contributed by atoms with Crippen molar-refractivity contribution in [3.63, 3.8) is 0 Å². The topological polar surface area (TPSA) is 163 Å². The van der Waals surface area contributed by atoms with Gasteiger partial charge < -0.3 is 10.2 Å². The molecule has 1 unspecified atom stereocenters. The number of carbonyl (C=O) groups is 3. The van der Waals surface area contributed by atoms with Crippen LogP contribution in [0, 0.1) is 0 Å². The average molecular weight is 391 g/mol. The minimum Gasteiger partial charge on any atom is -0.309 e. The lowest BCUT2D eigenvalue weighted by molar-refractivity contribution is -0.150. The summed E-state index contributed by atoms with van der Waals surface area (Å²) in [6.45, 7) is 0.699. The first-order chi connectivity index (χ1) is 12.2. The first-order valence-electron chi connectivity index (χ1n) is 8.32. The fourth-order valence-electron chi connectivity index (χ4n) is 3.59. The van der Waals surface area contributed by atoms with E-state index in [9.17, 15) is 22.8 Å². The maximum absolute atomic E-state index is 12.6. The van der Waals surface area contributed by atoms with Gasteiger partial charge in [-0.05, 0) is 32.2 Å². The highest BCUT2D eigenvalue weighted by atomic mass is 32.3. The summed E-state index contributed by atoms with van der Waals surface area (Å²) in [7, 11) is -4.87. The van der Waals surface area contributed by atoms with Crippen molar-refractivity contribution < 1.29 is 31.6 Å². The number of carbonyl (C=O) groups excluding carboxylic acids is 3. The van der Waals surface area contributed by atoms with E-state index in [4.69, 9.17) is 10.4 Å². The molecule has 26 heavy (non-hydrogen) atoms. The summed E-state index contributed by atoms with van der Waals surface area (Å²) in [6, 6.07) is -3.02. The largest absolute Gasteiger partial charge is 0.418 e. The second-order valence-corrected chi connectivity index (χ2v) is 7.56. The van der Waals surface area contributed by atoms with Gasteiger partial charge in [-0.1, -0.05) is 6.42 Å². The molecular weight excluding hydrogens is 370 g/mol. The van der Waals surface area contributed by atoms with Gasteiger partial charge in [0.05, 0.1) is 12.1 Å². The molecule has 0 saturated carbocycles. The highest BCUT2D eigenvalue weighted by molar-refractivity contribution is 7.80. The summed E-state index contributed by atoms with van der Waals surface area (Å²) in [5.41, 5.74) is 0. The van der Waals surface area contributed by atoms with E-state index in [1.165, 1.54) is 0 Å². The van der Waals surface area contributed by atoms with Gasteiger partial charge in [0.2, 0.25) is 0 Å². The molecule has 12 nitrogen and oxygen atoms in total. The van der Waals surface area contributed by atoms with Gasteiger partial charge in [0, 0.05) is 6.54 Å². The van der Waals surface area contributed by atoms with Gasteiger partial charge in [0.15, 0.2) is 0 Å². The summed E-state index contributed by atoms with van der Waals surface area (Å²) in [5.74, 6) is 4.42. The number of nitrogens with two attached hydrogens (primary N) is 1. The number of amides is 4. The van der Waals surface area contributed by atoms with Crippen LogP contribution in [-0.4, -0.2) is 77.0 Å². The van der Waals surface area contributed by atoms with Crippen molar-refractivity contribution in [2.75, 3.05) is 13.1 Å². The van der Waals surface area contributed by atoms with Crippen LogP contribution in [0.4, 0.5) is 4.79 Å². The van der Waals surface area contributed by atoms with Gasteiger partial charge >= 0.3 is 16.4 Å². The molecule has 3 aliphatic rings. The Morgan fingerprint density at radius 1 is 1.23 bits per heavy atom. The van der Waals surface area contributed by atoms with E-state index in [1.54, 1.807) is 0 Å². The summed E-state index contributed by atoms with van der Waals surface area (Å²) in [6.07, 6.45) is 2.82. The Kier molecular flexibility index (Phi) is 5.16. The second-order valence-electron chi connectivity index (χ2n) is 6.56. The second kappa shape index (κ2) is 7.08. The van der Waals surface area contributed by atoms with Crippen LogP contribution < -0.4 is 11.2 Å². The van der Waals surface area contributed by atoms with E-state index in [0.29, 0.717) is 23.0 Å². The molecule has 3 aliphatic heterocycles. The van der Waals surface area contributed by atoms with Gasteiger partial charge in [-0.3, -0.25) is 14.1 Å². The number of piperidine rings is 2. The average Bonchev–Trinajstić information content (AvgIpc) is 2.84. The molecule has 0 aromatic heterocycles. The number of urea groups is 1. The summed E-state index contributed by atoms with van der Waals surface area (Å²) in [4.78, 5) is 38.4. The smallest absolute Gasteiger partial charge is 0.309 e. The van der Waals surface area contributed by atoms with Crippen molar-refractivity contribution in [2.24, 2.45) is 5.84 Å². The zero-order chi connectivity index (χ0) is 19.1. The highest BCUT2D eigenvalue weighted by Crippen LogP contribution is 2.31. The van der Waals surface area contributed by atoms with Crippen molar-refractivity contribution in [2.45, 2.75) is 50.2 Å². The first-order valence-corrected chi connectivity index (χ1v) is 9.68. The quantitative estimate of drug-likeness (QED) is 0.168. The molecule has 2 bridgehead atoms. The number of nitrogens with one attached hydrogen (secondary N) is 1. The number of hydroxylamine groups is 2. The van der Waals surface area contributed by atoms with Crippen molar-refractivity contribution in [1.82, 2.24) is 20.3 Å². The van der Waals surface area contributed by atoms with Crippen LogP contribution in [-0.2, 0) is 24.3 Å². The van der Waals surface area contributed by atoms with Gasteiger partial charge in [-0.2, -0.15) is 13.5 Å². The third-order valence-corrected chi connectivity index (χ3v) is 5.21. The highest BCUT2D eigenvalue weighted by Gasteiger charge is 2.50. The number of hydrogen-bond acceptors (Lipinski definition) is 8. The molecular formula is C13H21N5O7S. The lowest BCUT2D eigenvalue weighted by Crippen LogP contribution is -2.59. The number of imide groups is 1. The molecule has 4 N–H and O–H groups in total. The minimum absolute atomic E-state index is 0.0362. The van der Waals surface area contributed by atoms with E-state index in [-0.39, 0.29) is 19.4 Å². The molecule has 3 fully saturated rings. The Balaban J connectivity index is 1.69. The fourth-order valence-corrected chi connectivity index (χ4v) is 3.98. The summed E-state index contributed by atoms with van der Waals surface area (Å²) in [5, 5.41) is 4.08. The molecule has 3 rings (SSSR count). The number of nitrogens with zero attached hydrogens (tertiary/aromatic N) is 3. The van der Waals surface area contributed by atoms with Crippen LogP contribution in [0.5, 0.6) is 0 Å². The van der Waals surface area contributed by atoms with Crippen molar-refractivity contribution in [1.29, 1.82) is 0 Å². The van der Waals surface area contributed by atoms with Crippen LogP contribution in [0.15, 0.2) is 0 Å². The Bertz CT molecular complexity index is 708. The normalized spacial score (nSPS) is 29.0. The lowest BCUT2D eigenvalue weighted by Gasteiger charge is -2.33. The first kappa shape index (κ1) is 19.0. The molecule has 4 amide bonds. The van der Waals surface area contributed by atoms with Crippen LogP contribution in [0.2, 0.25) is 0 Å². The predicted octanol–water partition coefficient (Wildman–Crippen LogP) is -1.64. The van der Waals surface area contributed by atoms with Crippen molar-refractivity contribution in [3.05, 3.63) is 0 Å². The summed E-state index contributed by atoms with van der Waals surface area (Å²) >= 11 is 0. The van der Waals surface area contributed by atoms with E-state index < -0.39 is 46.4 Å². The minimum atomic E-state index is -4.87. The third-order valence-electron chi connectivity index (χ3n) is 4.87. The Morgan fingerprint density at radius 3 is 2.58 bits per heavy atom. The van der Waals surface area contributed by atoms with Crippen LogP contribution >= 0.6 is 0 Å². The Hall–Kier alpha value is -1.80.